The van der Waals surface area contributed by atoms with Crippen molar-refractivity contribution in [2.24, 2.45) is 0 Å². The van der Waals surface area contributed by atoms with E-state index in [9.17, 15) is 0 Å². The van der Waals surface area contributed by atoms with Gasteiger partial charge in [0.1, 0.15) is 11.2 Å². The first-order chi connectivity index (χ1) is 27.0. The maximum atomic E-state index is 6.39. The summed E-state index contributed by atoms with van der Waals surface area (Å²) in [6, 6.07) is 68.9. The Hall–Kier alpha value is -6.42. The molecular weight excluding hydrogens is 687 g/mol. The zero-order valence-corrected chi connectivity index (χ0v) is 31.5. The Morgan fingerprint density at radius 3 is 1.84 bits per heavy atom. The van der Waals surface area contributed by atoms with Crippen LogP contribution < -0.4 is 4.90 Å². The lowest BCUT2D eigenvalue weighted by atomic mass is 9.49. The number of benzene rings is 8. The van der Waals surface area contributed by atoms with Crippen molar-refractivity contribution in [2.45, 2.75) is 24.7 Å². The molecule has 10 aromatic rings. The summed E-state index contributed by atoms with van der Waals surface area (Å²) in [5.74, 6) is 0. The van der Waals surface area contributed by atoms with Crippen molar-refractivity contribution in [3.05, 3.63) is 210 Å². The fraction of sp³-hybridized carbons (Fsp3) is 0.0769. The normalized spacial score (nSPS) is 16.0. The van der Waals surface area contributed by atoms with E-state index >= 15 is 0 Å². The Morgan fingerprint density at radius 1 is 0.436 bits per heavy atom. The SMILES string of the molecule is CC1(C)c2ccccc2-c2ccccc2C1(c1ccc(N(c2ccccc2)c2ccc3c(c2)oc2ccccc23)cc1)c1cccc2c1sc1ccccc12. The van der Waals surface area contributed by atoms with Crippen molar-refractivity contribution in [3.63, 3.8) is 0 Å². The largest absolute Gasteiger partial charge is 0.456 e. The first-order valence-electron chi connectivity index (χ1n) is 19.0. The predicted octanol–water partition coefficient (Wildman–Crippen LogP) is 14.7. The van der Waals surface area contributed by atoms with E-state index in [1.165, 1.54) is 53.6 Å². The second-order valence-corrected chi connectivity index (χ2v) is 16.3. The van der Waals surface area contributed by atoms with Gasteiger partial charge in [0.2, 0.25) is 0 Å². The second-order valence-electron chi connectivity index (χ2n) is 15.2. The molecule has 3 heteroatoms. The van der Waals surface area contributed by atoms with Gasteiger partial charge in [0, 0.05) is 59.5 Å². The molecule has 0 saturated carbocycles. The highest BCUT2D eigenvalue weighted by atomic mass is 32.1. The summed E-state index contributed by atoms with van der Waals surface area (Å²) in [5, 5.41) is 4.89. The molecule has 2 aromatic heterocycles. The van der Waals surface area contributed by atoms with Crippen molar-refractivity contribution in [1.82, 2.24) is 0 Å². The van der Waals surface area contributed by atoms with Crippen LogP contribution in [0.2, 0.25) is 0 Å². The summed E-state index contributed by atoms with van der Waals surface area (Å²) in [6.45, 7) is 4.92. The van der Waals surface area contributed by atoms with Crippen molar-refractivity contribution < 1.29 is 4.42 Å². The monoisotopic (exact) mass is 723 g/mol. The van der Waals surface area contributed by atoms with E-state index in [0.29, 0.717) is 0 Å². The van der Waals surface area contributed by atoms with Crippen molar-refractivity contribution in [3.8, 4) is 11.1 Å². The smallest absolute Gasteiger partial charge is 0.137 e. The summed E-state index contributed by atoms with van der Waals surface area (Å²) in [4.78, 5) is 2.34. The maximum Gasteiger partial charge on any atom is 0.137 e. The Morgan fingerprint density at radius 2 is 1.02 bits per heavy atom. The lowest BCUT2D eigenvalue weighted by Crippen LogP contribution is -2.49. The molecule has 2 nitrogen and oxygen atoms in total. The molecule has 0 saturated heterocycles. The van der Waals surface area contributed by atoms with Crippen molar-refractivity contribution in [1.29, 1.82) is 0 Å². The maximum absolute atomic E-state index is 6.39. The molecule has 2 heterocycles. The van der Waals surface area contributed by atoms with Crippen LogP contribution in [0.1, 0.15) is 36.1 Å². The number of fused-ring (bicyclic) bond motifs is 9. The first-order valence-corrected chi connectivity index (χ1v) is 19.8. The van der Waals surface area contributed by atoms with Gasteiger partial charge in [-0.05, 0) is 81.9 Å². The van der Waals surface area contributed by atoms with Gasteiger partial charge >= 0.3 is 0 Å². The Balaban J connectivity index is 1.17. The van der Waals surface area contributed by atoms with Gasteiger partial charge in [0.05, 0.1) is 5.41 Å². The van der Waals surface area contributed by atoms with Crippen LogP contribution in [-0.2, 0) is 10.8 Å². The molecule has 0 amide bonds. The minimum Gasteiger partial charge on any atom is -0.456 e. The van der Waals surface area contributed by atoms with Crippen molar-refractivity contribution >= 4 is 70.5 Å². The number of hydrogen-bond acceptors (Lipinski definition) is 3. The number of hydrogen-bond donors (Lipinski definition) is 0. The van der Waals surface area contributed by atoms with E-state index in [1.54, 1.807) is 0 Å². The quantitative estimate of drug-likeness (QED) is 0.176. The third kappa shape index (κ3) is 4.54. The number of thiophene rings is 1. The molecular formula is C52H37NOS. The molecule has 0 bridgehead atoms. The highest BCUT2D eigenvalue weighted by Gasteiger charge is 2.55. The van der Waals surface area contributed by atoms with Crippen LogP contribution in [0.15, 0.2) is 192 Å². The van der Waals surface area contributed by atoms with Crippen LogP contribution >= 0.6 is 11.3 Å². The lowest BCUT2D eigenvalue weighted by molar-refractivity contribution is 0.356. The molecule has 262 valence electrons. The highest BCUT2D eigenvalue weighted by Crippen LogP contribution is 2.62. The van der Waals surface area contributed by atoms with E-state index in [0.717, 1.165) is 39.0 Å². The van der Waals surface area contributed by atoms with Gasteiger partial charge in [-0.2, -0.15) is 0 Å². The van der Waals surface area contributed by atoms with E-state index in [-0.39, 0.29) is 5.41 Å². The molecule has 0 fully saturated rings. The van der Waals surface area contributed by atoms with Crippen LogP contribution in [0, 0.1) is 0 Å². The molecule has 1 atom stereocenters. The number of rotatable bonds is 5. The van der Waals surface area contributed by atoms with Gasteiger partial charge in [-0.15, -0.1) is 11.3 Å². The van der Waals surface area contributed by atoms with Gasteiger partial charge in [-0.3, -0.25) is 0 Å². The van der Waals surface area contributed by atoms with E-state index in [1.807, 2.05) is 23.5 Å². The summed E-state index contributed by atoms with van der Waals surface area (Å²) in [7, 11) is 0. The zero-order valence-electron chi connectivity index (χ0n) is 30.7. The van der Waals surface area contributed by atoms with Crippen LogP contribution in [0.3, 0.4) is 0 Å². The Bertz CT molecular complexity index is 3080. The fourth-order valence-corrected chi connectivity index (χ4v) is 11.1. The third-order valence-corrected chi connectivity index (χ3v) is 13.4. The third-order valence-electron chi connectivity index (χ3n) is 12.2. The Labute approximate surface area is 324 Å². The molecule has 55 heavy (non-hydrogen) atoms. The summed E-state index contributed by atoms with van der Waals surface area (Å²) < 4.78 is 9.06. The molecule has 0 spiro atoms. The zero-order chi connectivity index (χ0) is 36.7. The van der Waals surface area contributed by atoms with Crippen LogP contribution in [0.25, 0.3) is 53.2 Å². The predicted molar refractivity (Wildman–Crippen MR) is 233 cm³/mol. The van der Waals surface area contributed by atoms with E-state index < -0.39 is 5.41 Å². The molecule has 1 unspecified atom stereocenters. The summed E-state index contributed by atoms with van der Waals surface area (Å²) in [5.41, 5.74) is 12.1. The average Bonchev–Trinajstić information content (AvgIpc) is 3.81. The molecule has 0 aliphatic heterocycles. The topological polar surface area (TPSA) is 16.4 Å². The summed E-state index contributed by atoms with van der Waals surface area (Å²) >= 11 is 1.92. The molecule has 0 N–H and O–H groups in total. The molecule has 1 aliphatic rings. The number of para-hydroxylation sites is 2. The fourth-order valence-electron chi connectivity index (χ4n) is 9.78. The van der Waals surface area contributed by atoms with Crippen molar-refractivity contribution in [2.75, 3.05) is 4.90 Å². The minimum atomic E-state index is -0.512. The summed E-state index contributed by atoms with van der Waals surface area (Å²) in [6.07, 6.45) is 0. The van der Waals surface area contributed by atoms with Gasteiger partial charge < -0.3 is 9.32 Å². The van der Waals surface area contributed by atoms with Gasteiger partial charge in [0.15, 0.2) is 0 Å². The molecule has 0 radical (unpaired) electrons. The number of anilines is 3. The average molecular weight is 724 g/mol. The molecule has 8 aromatic carbocycles. The van der Waals surface area contributed by atoms with Crippen LogP contribution in [-0.4, -0.2) is 0 Å². The standard InChI is InChI=1S/C52H37NOS/c1-51(2)44-22-10-6-17-38(44)39-18-7-11-23-45(39)52(51,46-24-14-21-43-42-20-9-13-26-49(42)55-50(43)46)34-27-29-36(30-28-34)53(35-15-4-3-5-16-35)37-31-32-41-40-19-8-12-25-47(40)54-48(41)33-37/h3-33H,1-2H3. The number of nitrogens with zero attached hydrogens (tertiary/aromatic N) is 1. The molecule has 11 rings (SSSR count). The second kappa shape index (κ2) is 12.0. The van der Waals surface area contributed by atoms with Gasteiger partial charge in [0.25, 0.3) is 0 Å². The van der Waals surface area contributed by atoms with Gasteiger partial charge in [-0.25, -0.2) is 0 Å². The van der Waals surface area contributed by atoms with Crippen LogP contribution in [0.4, 0.5) is 17.1 Å². The van der Waals surface area contributed by atoms with E-state index in [2.05, 4.69) is 195 Å². The highest BCUT2D eigenvalue weighted by molar-refractivity contribution is 7.26. The first kappa shape index (κ1) is 32.0. The minimum absolute atomic E-state index is 0.324. The molecule has 1 aliphatic carbocycles. The van der Waals surface area contributed by atoms with Gasteiger partial charge in [-0.1, -0.05) is 147 Å². The Kier molecular flexibility index (Phi) is 7.02. The van der Waals surface area contributed by atoms with E-state index in [4.69, 9.17) is 4.42 Å². The number of furan rings is 1. The lowest BCUT2D eigenvalue weighted by Gasteiger charge is -2.53. The van der Waals surface area contributed by atoms with Crippen LogP contribution in [0.5, 0.6) is 0 Å².